The number of fused-ring (bicyclic) bond motifs is 2. The molecule has 0 aliphatic heterocycles. The molecule has 1 saturated carbocycles. The van der Waals surface area contributed by atoms with Gasteiger partial charge in [0.25, 0.3) is 0 Å². The van der Waals surface area contributed by atoms with E-state index in [2.05, 4.69) is 47.7 Å². The average Bonchev–Trinajstić information content (AvgIpc) is 3.56. The third kappa shape index (κ3) is 3.28. The van der Waals surface area contributed by atoms with Crippen LogP contribution in [-0.2, 0) is 11.8 Å². The van der Waals surface area contributed by atoms with Crippen LogP contribution in [0.15, 0.2) is 30.7 Å². The smallest absolute Gasteiger partial charge is 0.228 e. The van der Waals surface area contributed by atoms with E-state index in [9.17, 15) is 4.79 Å². The summed E-state index contributed by atoms with van der Waals surface area (Å²) in [6.07, 6.45) is 6.94. The highest BCUT2D eigenvalue weighted by Gasteiger charge is 2.29. The number of carbonyl (C=O) groups excluding carboxylic acids is 1. The number of carbonyl (C=O) groups is 1. The zero-order chi connectivity index (χ0) is 20.7. The first-order valence-corrected chi connectivity index (χ1v) is 9.57. The fourth-order valence-corrected chi connectivity index (χ4v) is 3.21. The van der Waals surface area contributed by atoms with Crippen molar-refractivity contribution in [3.63, 3.8) is 0 Å². The first-order valence-electron chi connectivity index (χ1n) is 9.57. The number of pyridine rings is 3. The highest BCUT2D eigenvalue weighted by Crippen LogP contribution is 2.31. The predicted octanol–water partition coefficient (Wildman–Crippen LogP) is 2.10. The molecule has 4 heterocycles. The summed E-state index contributed by atoms with van der Waals surface area (Å²) in [5, 5.41) is 15.7. The van der Waals surface area contributed by atoms with E-state index in [0.29, 0.717) is 17.3 Å². The Hall–Kier alpha value is -4.06. The fraction of sp³-hybridized carbons (Fsp3) is 0.238. The molecule has 1 amide bonds. The molecule has 9 heteroatoms. The molecule has 148 valence electrons. The van der Waals surface area contributed by atoms with Gasteiger partial charge in [-0.1, -0.05) is 11.1 Å². The van der Waals surface area contributed by atoms with Gasteiger partial charge in [0, 0.05) is 49.2 Å². The molecule has 4 aromatic heterocycles. The number of nitrogens with zero attached hydrogens (tertiary/aromatic N) is 6. The molecule has 5 rings (SSSR count). The number of amides is 1. The summed E-state index contributed by atoms with van der Waals surface area (Å²) in [4.78, 5) is 25.3. The van der Waals surface area contributed by atoms with Crippen LogP contribution in [0.2, 0.25) is 0 Å². The quantitative estimate of drug-likeness (QED) is 0.509. The zero-order valence-electron chi connectivity index (χ0n) is 16.5. The van der Waals surface area contributed by atoms with E-state index in [-0.39, 0.29) is 11.8 Å². The molecule has 0 atom stereocenters. The van der Waals surface area contributed by atoms with Crippen molar-refractivity contribution in [2.75, 3.05) is 17.7 Å². The van der Waals surface area contributed by atoms with E-state index in [0.717, 1.165) is 40.2 Å². The Bertz CT molecular complexity index is 1360. The van der Waals surface area contributed by atoms with E-state index in [4.69, 9.17) is 0 Å². The second kappa shape index (κ2) is 7.08. The summed E-state index contributed by atoms with van der Waals surface area (Å²) in [7, 11) is 3.63. The largest absolute Gasteiger partial charge is 0.373 e. The molecule has 0 spiro atoms. The minimum atomic E-state index is 0.0136. The Morgan fingerprint density at radius 2 is 1.97 bits per heavy atom. The van der Waals surface area contributed by atoms with E-state index in [1.165, 1.54) is 0 Å². The zero-order valence-corrected chi connectivity index (χ0v) is 16.5. The van der Waals surface area contributed by atoms with Gasteiger partial charge in [-0.05, 0) is 24.8 Å². The summed E-state index contributed by atoms with van der Waals surface area (Å²) < 4.78 is 1.68. The van der Waals surface area contributed by atoms with Gasteiger partial charge in [0.15, 0.2) is 0 Å². The van der Waals surface area contributed by atoms with E-state index in [1.807, 2.05) is 19.2 Å². The van der Waals surface area contributed by atoms with Crippen LogP contribution >= 0.6 is 0 Å². The Morgan fingerprint density at radius 1 is 1.10 bits per heavy atom. The minimum absolute atomic E-state index is 0.0136. The summed E-state index contributed by atoms with van der Waals surface area (Å²) in [5.41, 5.74) is 2.90. The first kappa shape index (κ1) is 18.0. The van der Waals surface area contributed by atoms with E-state index < -0.39 is 0 Å². The molecule has 9 nitrogen and oxygen atoms in total. The molecule has 0 bridgehead atoms. The van der Waals surface area contributed by atoms with Crippen molar-refractivity contribution in [1.82, 2.24) is 29.9 Å². The van der Waals surface area contributed by atoms with Crippen LogP contribution in [0.1, 0.15) is 24.1 Å². The molecule has 0 aromatic carbocycles. The molecule has 0 radical (unpaired) electrons. The maximum absolute atomic E-state index is 12.1. The van der Waals surface area contributed by atoms with Crippen molar-refractivity contribution in [3.8, 4) is 11.8 Å². The van der Waals surface area contributed by atoms with Gasteiger partial charge in [-0.2, -0.15) is 0 Å². The highest BCUT2D eigenvalue weighted by molar-refractivity contribution is 5.99. The molecular formula is C21H18N8O. The Kier molecular flexibility index (Phi) is 4.25. The molecule has 0 saturated heterocycles. The van der Waals surface area contributed by atoms with Crippen molar-refractivity contribution < 1.29 is 4.79 Å². The van der Waals surface area contributed by atoms with Crippen molar-refractivity contribution in [3.05, 3.63) is 42.0 Å². The molecule has 2 N–H and O–H groups in total. The van der Waals surface area contributed by atoms with Gasteiger partial charge < -0.3 is 10.6 Å². The Balaban J connectivity index is 1.56. The molecule has 30 heavy (non-hydrogen) atoms. The molecule has 4 aromatic rings. The summed E-state index contributed by atoms with van der Waals surface area (Å²) >= 11 is 0. The normalized spacial score (nSPS) is 13.1. The summed E-state index contributed by atoms with van der Waals surface area (Å²) in [6.45, 7) is 0. The van der Waals surface area contributed by atoms with Crippen molar-refractivity contribution in [2.45, 2.75) is 12.8 Å². The number of aromatic nitrogens is 6. The summed E-state index contributed by atoms with van der Waals surface area (Å²) in [5.74, 6) is 7.57. The van der Waals surface area contributed by atoms with Gasteiger partial charge in [0.2, 0.25) is 5.91 Å². The number of rotatable bonds is 3. The van der Waals surface area contributed by atoms with Gasteiger partial charge in [-0.3, -0.25) is 4.79 Å². The van der Waals surface area contributed by atoms with Gasteiger partial charge >= 0.3 is 0 Å². The third-order valence-corrected chi connectivity index (χ3v) is 5.03. The van der Waals surface area contributed by atoms with Crippen LogP contribution in [-0.4, -0.2) is 42.9 Å². The van der Waals surface area contributed by atoms with Gasteiger partial charge in [0.05, 0.1) is 17.3 Å². The lowest BCUT2D eigenvalue weighted by atomic mass is 10.1. The Labute approximate surface area is 171 Å². The van der Waals surface area contributed by atoms with E-state index >= 15 is 0 Å². The van der Waals surface area contributed by atoms with E-state index in [1.54, 1.807) is 30.3 Å². The van der Waals surface area contributed by atoms with Crippen molar-refractivity contribution in [2.24, 2.45) is 13.0 Å². The van der Waals surface area contributed by atoms with Crippen LogP contribution < -0.4 is 10.6 Å². The van der Waals surface area contributed by atoms with Crippen molar-refractivity contribution >= 4 is 39.3 Å². The number of aryl methyl sites for hydroxylation is 1. The predicted molar refractivity (Wildman–Crippen MR) is 113 cm³/mol. The van der Waals surface area contributed by atoms with Gasteiger partial charge in [-0.15, -0.1) is 5.10 Å². The first-order chi connectivity index (χ1) is 14.6. The topological polar surface area (TPSA) is 111 Å². The van der Waals surface area contributed by atoms with Crippen LogP contribution in [0.25, 0.3) is 21.8 Å². The minimum Gasteiger partial charge on any atom is -0.373 e. The maximum atomic E-state index is 12.1. The van der Waals surface area contributed by atoms with Crippen LogP contribution in [0.5, 0.6) is 0 Å². The second-order valence-corrected chi connectivity index (χ2v) is 7.17. The highest BCUT2D eigenvalue weighted by atomic mass is 16.2. The molecule has 1 aliphatic rings. The molecule has 1 fully saturated rings. The third-order valence-electron chi connectivity index (χ3n) is 5.03. The molecule has 1 aliphatic carbocycles. The van der Waals surface area contributed by atoms with Crippen molar-refractivity contribution in [1.29, 1.82) is 0 Å². The van der Waals surface area contributed by atoms with Gasteiger partial charge in [-0.25, -0.2) is 19.6 Å². The SMILES string of the molecule is CNc1ncc(C#Cc2cc3c(cn2)nnn3C)c2cc(NC(=O)C3CC3)ncc12. The monoisotopic (exact) mass is 398 g/mol. The molecule has 0 unspecified atom stereocenters. The summed E-state index contributed by atoms with van der Waals surface area (Å²) in [6, 6.07) is 3.69. The standard InChI is InChI=1S/C21H18N8O/c1-22-20-16-10-24-19(26-21(30)12-3-4-12)8-15(16)13(9-25-20)5-6-14-7-18-17(11-23-14)27-28-29(18)2/h7-12H,3-4H2,1-2H3,(H,22,25)(H,24,26,30). The number of hydrogen-bond donors (Lipinski definition) is 2. The Morgan fingerprint density at radius 3 is 2.77 bits per heavy atom. The van der Waals surface area contributed by atoms with Crippen LogP contribution in [0, 0.1) is 17.8 Å². The fourth-order valence-electron chi connectivity index (χ4n) is 3.21. The number of hydrogen-bond acceptors (Lipinski definition) is 7. The van der Waals surface area contributed by atoms with Crippen LogP contribution in [0.4, 0.5) is 11.6 Å². The number of nitrogens with one attached hydrogen (secondary N) is 2. The molecular weight excluding hydrogens is 380 g/mol. The van der Waals surface area contributed by atoms with Crippen LogP contribution in [0.3, 0.4) is 0 Å². The average molecular weight is 398 g/mol. The second-order valence-electron chi connectivity index (χ2n) is 7.17. The lowest BCUT2D eigenvalue weighted by Gasteiger charge is -2.09. The lowest BCUT2D eigenvalue weighted by Crippen LogP contribution is -2.14. The number of anilines is 2. The van der Waals surface area contributed by atoms with Gasteiger partial charge in [0.1, 0.15) is 22.8 Å². The maximum Gasteiger partial charge on any atom is 0.228 e. The lowest BCUT2D eigenvalue weighted by molar-refractivity contribution is -0.117.